The van der Waals surface area contributed by atoms with Crippen molar-refractivity contribution in [2.45, 2.75) is 46.3 Å². The number of nitrogens with zero attached hydrogens (tertiary/aromatic N) is 1. The molecule has 0 radical (unpaired) electrons. The molecule has 0 fully saturated rings. The molecule has 1 rings (SSSR count). The molecular formula is C16H25F3N2. The van der Waals surface area contributed by atoms with Crippen LogP contribution in [0.1, 0.15) is 44.7 Å². The van der Waals surface area contributed by atoms with E-state index in [9.17, 15) is 13.2 Å². The standard InChI is InChI=1S/C16H25F3N2/c1-4-12(5-2)11-21(6-3)14-7-8-15(16(17,18)19)13(9-14)10-20/h7-9,12H,4-6,10-11,20H2,1-3H3. The Bertz CT molecular complexity index is 440. The molecule has 0 amide bonds. The number of rotatable bonds is 7. The first kappa shape index (κ1) is 17.8. The average molecular weight is 302 g/mol. The first-order valence-corrected chi connectivity index (χ1v) is 7.52. The number of anilines is 1. The summed E-state index contributed by atoms with van der Waals surface area (Å²) < 4.78 is 38.7. The number of nitrogens with two attached hydrogens (primary N) is 1. The monoisotopic (exact) mass is 302 g/mol. The molecule has 0 aromatic heterocycles. The van der Waals surface area contributed by atoms with E-state index in [1.165, 1.54) is 0 Å². The van der Waals surface area contributed by atoms with E-state index < -0.39 is 11.7 Å². The van der Waals surface area contributed by atoms with Gasteiger partial charge in [-0.15, -0.1) is 0 Å². The summed E-state index contributed by atoms with van der Waals surface area (Å²) in [6, 6.07) is 4.27. The molecule has 0 aliphatic rings. The largest absolute Gasteiger partial charge is 0.416 e. The molecule has 1 aromatic carbocycles. The lowest BCUT2D eigenvalue weighted by molar-refractivity contribution is -0.138. The van der Waals surface area contributed by atoms with Crippen LogP contribution in [0.25, 0.3) is 0 Å². The summed E-state index contributed by atoms with van der Waals surface area (Å²) in [5, 5.41) is 0. The molecule has 120 valence electrons. The minimum atomic E-state index is -4.35. The molecule has 0 saturated carbocycles. The molecule has 1 aromatic rings. The van der Waals surface area contributed by atoms with Crippen molar-refractivity contribution in [3.8, 4) is 0 Å². The van der Waals surface area contributed by atoms with Crippen molar-refractivity contribution >= 4 is 5.69 Å². The fourth-order valence-corrected chi connectivity index (χ4v) is 2.50. The molecule has 0 aliphatic heterocycles. The van der Waals surface area contributed by atoms with Crippen molar-refractivity contribution in [1.82, 2.24) is 0 Å². The quantitative estimate of drug-likeness (QED) is 0.807. The molecule has 0 spiro atoms. The molecule has 2 N–H and O–H groups in total. The van der Waals surface area contributed by atoms with Crippen molar-refractivity contribution in [3.05, 3.63) is 29.3 Å². The average Bonchev–Trinajstić information content (AvgIpc) is 2.47. The van der Waals surface area contributed by atoms with Gasteiger partial charge in [0.1, 0.15) is 0 Å². The molecule has 0 bridgehead atoms. The van der Waals surface area contributed by atoms with Gasteiger partial charge in [-0.05, 0) is 36.6 Å². The van der Waals surface area contributed by atoms with Crippen LogP contribution in [0.4, 0.5) is 18.9 Å². The highest BCUT2D eigenvalue weighted by atomic mass is 19.4. The molecule has 0 unspecified atom stereocenters. The molecular weight excluding hydrogens is 277 g/mol. The smallest absolute Gasteiger partial charge is 0.372 e. The van der Waals surface area contributed by atoms with Crippen molar-refractivity contribution < 1.29 is 13.2 Å². The van der Waals surface area contributed by atoms with E-state index in [1.807, 2.05) is 6.92 Å². The lowest BCUT2D eigenvalue weighted by Crippen LogP contribution is -2.29. The minimum Gasteiger partial charge on any atom is -0.372 e. The van der Waals surface area contributed by atoms with Crippen molar-refractivity contribution in [1.29, 1.82) is 0 Å². The van der Waals surface area contributed by atoms with Gasteiger partial charge in [-0.25, -0.2) is 0 Å². The van der Waals surface area contributed by atoms with Crippen LogP contribution in [-0.2, 0) is 12.7 Å². The normalized spacial score (nSPS) is 12.0. The van der Waals surface area contributed by atoms with Gasteiger partial charge in [-0.1, -0.05) is 26.7 Å². The van der Waals surface area contributed by atoms with Crippen LogP contribution < -0.4 is 10.6 Å². The summed E-state index contributed by atoms with van der Waals surface area (Å²) in [6.45, 7) is 7.82. The van der Waals surface area contributed by atoms with E-state index in [1.54, 1.807) is 12.1 Å². The zero-order valence-electron chi connectivity index (χ0n) is 13.0. The van der Waals surface area contributed by atoms with E-state index in [-0.39, 0.29) is 12.1 Å². The summed E-state index contributed by atoms with van der Waals surface area (Å²) in [6.07, 6.45) is -2.21. The highest BCUT2D eigenvalue weighted by Crippen LogP contribution is 2.34. The van der Waals surface area contributed by atoms with Crippen LogP contribution in [0.2, 0.25) is 0 Å². The topological polar surface area (TPSA) is 29.3 Å². The lowest BCUT2D eigenvalue weighted by atomic mass is 10.0. The Hall–Kier alpha value is -1.23. The van der Waals surface area contributed by atoms with Crippen LogP contribution >= 0.6 is 0 Å². The van der Waals surface area contributed by atoms with Gasteiger partial charge < -0.3 is 10.6 Å². The van der Waals surface area contributed by atoms with Gasteiger partial charge in [0, 0.05) is 25.3 Å². The Morgan fingerprint density at radius 2 is 1.76 bits per heavy atom. The third-order valence-electron chi connectivity index (χ3n) is 3.99. The first-order valence-electron chi connectivity index (χ1n) is 7.52. The molecule has 0 atom stereocenters. The predicted molar refractivity (Wildman–Crippen MR) is 81.3 cm³/mol. The summed E-state index contributed by atoms with van der Waals surface area (Å²) in [5.74, 6) is 0.550. The molecule has 0 saturated heterocycles. The minimum absolute atomic E-state index is 0.106. The molecule has 2 nitrogen and oxygen atoms in total. The van der Waals surface area contributed by atoms with Gasteiger partial charge in [0.25, 0.3) is 0 Å². The van der Waals surface area contributed by atoms with Gasteiger partial charge in [-0.3, -0.25) is 0 Å². The molecule has 21 heavy (non-hydrogen) atoms. The van der Waals surface area contributed by atoms with Crippen LogP contribution in [0.5, 0.6) is 0 Å². The van der Waals surface area contributed by atoms with E-state index in [4.69, 9.17) is 5.73 Å². The van der Waals surface area contributed by atoms with Gasteiger partial charge in [-0.2, -0.15) is 13.2 Å². The number of benzene rings is 1. The van der Waals surface area contributed by atoms with Gasteiger partial charge in [0.05, 0.1) is 5.56 Å². The predicted octanol–water partition coefficient (Wildman–Crippen LogP) is 4.43. The van der Waals surface area contributed by atoms with Crippen molar-refractivity contribution in [2.75, 3.05) is 18.0 Å². The van der Waals surface area contributed by atoms with Crippen LogP contribution in [0.3, 0.4) is 0 Å². The van der Waals surface area contributed by atoms with E-state index in [2.05, 4.69) is 18.7 Å². The molecule has 0 heterocycles. The number of hydrogen-bond acceptors (Lipinski definition) is 2. The summed E-state index contributed by atoms with van der Waals surface area (Å²) in [7, 11) is 0. The maximum Gasteiger partial charge on any atom is 0.416 e. The zero-order chi connectivity index (χ0) is 16.0. The second-order valence-corrected chi connectivity index (χ2v) is 5.26. The fourth-order valence-electron chi connectivity index (χ4n) is 2.50. The van der Waals surface area contributed by atoms with E-state index in [0.717, 1.165) is 37.7 Å². The highest BCUT2D eigenvalue weighted by molar-refractivity contribution is 5.51. The van der Waals surface area contributed by atoms with Crippen LogP contribution in [-0.4, -0.2) is 13.1 Å². The molecule has 0 aliphatic carbocycles. The number of halogens is 3. The second-order valence-electron chi connectivity index (χ2n) is 5.26. The van der Waals surface area contributed by atoms with Crippen molar-refractivity contribution in [3.63, 3.8) is 0 Å². The van der Waals surface area contributed by atoms with Gasteiger partial charge in [0.2, 0.25) is 0 Å². The van der Waals surface area contributed by atoms with E-state index in [0.29, 0.717) is 5.92 Å². The Balaban J connectivity index is 3.06. The number of alkyl halides is 3. The Morgan fingerprint density at radius 1 is 1.14 bits per heavy atom. The number of hydrogen-bond donors (Lipinski definition) is 1. The van der Waals surface area contributed by atoms with Gasteiger partial charge >= 0.3 is 6.18 Å². The summed E-state index contributed by atoms with van der Waals surface area (Å²) in [4.78, 5) is 2.12. The Kier molecular flexibility index (Phi) is 6.52. The molecule has 5 heteroatoms. The van der Waals surface area contributed by atoms with E-state index >= 15 is 0 Å². The Morgan fingerprint density at radius 3 is 2.19 bits per heavy atom. The lowest BCUT2D eigenvalue weighted by Gasteiger charge is -2.28. The Labute approximate surface area is 125 Å². The third kappa shape index (κ3) is 4.63. The zero-order valence-corrected chi connectivity index (χ0v) is 13.0. The maximum atomic E-state index is 12.9. The van der Waals surface area contributed by atoms with Crippen LogP contribution in [0, 0.1) is 5.92 Å². The summed E-state index contributed by atoms with van der Waals surface area (Å²) >= 11 is 0. The maximum absolute atomic E-state index is 12.9. The van der Waals surface area contributed by atoms with Crippen molar-refractivity contribution in [2.24, 2.45) is 11.7 Å². The third-order valence-corrected chi connectivity index (χ3v) is 3.99. The van der Waals surface area contributed by atoms with Crippen LogP contribution in [0.15, 0.2) is 18.2 Å². The fraction of sp³-hybridized carbons (Fsp3) is 0.625. The second kappa shape index (κ2) is 7.69. The van der Waals surface area contributed by atoms with Gasteiger partial charge in [0.15, 0.2) is 0 Å². The summed E-state index contributed by atoms with van der Waals surface area (Å²) in [5.41, 5.74) is 5.83. The SMILES string of the molecule is CCC(CC)CN(CC)c1ccc(C(F)(F)F)c(CN)c1. The highest BCUT2D eigenvalue weighted by Gasteiger charge is 2.33. The first-order chi connectivity index (χ1) is 9.87.